The summed E-state index contributed by atoms with van der Waals surface area (Å²) in [7, 11) is 0. The SMILES string of the molecule is Cc1cc(/C=C/c2cc(O)c(C)c(O)c2)cc(C)c1O. The molecule has 0 aromatic heterocycles. The van der Waals surface area contributed by atoms with Crippen molar-refractivity contribution >= 4 is 12.2 Å². The predicted molar refractivity (Wildman–Crippen MR) is 81.0 cm³/mol. The number of aryl methyl sites for hydroxylation is 2. The van der Waals surface area contributed by atoms with Crippen molar-refractivity contribution in [1.29, 1.82) is 0 Å². The van der Waals surface area contributed by atoms with Crippen LogP contribution in [0.5, 0.6) is 17.2 Å². The molecule has 3 nitrogen and oxygen atoms in total. The molecule has 2 rings (SSSR count). The maximum absolute atomic E-state index is 9.73. The standard InChI is InChI=1S/C17H18O3/c1-10-6-13(7-11(2)17(10)20)4-5-14-8-15(18)12(3)16(19)9-14/h4-9,18-20H,1-3H3/b5-4+. The summed E-state index contributed by atoms with van der Waals surface area (Å²) in [4.78, 5) is 0. The lowest BCUT2D eigenvalue weighted by atomic mass is 10.0. The van der Waals surface area contributed by atoms with Crippen LogP contribution in [0.2, 0.25) is 0 Å². The van der Waals surface area contributed by atoms with E-state index in [9.17, 15) is 15.3 Å². The Hall–Kier alpha value is -2.42. The zero-order valence-corrected chi connectivity index (χ0v) is 11.8. The minimum absolute atomic E-state index is 0.0720. The zero-order chi connectivity index (χ0) is 14.9. The molecule has 3 N–H and O–H groups in total. The van der Waals surface area contributed by atoms with E-state index in [0.717, 1.165) is 16.7 Å². The molecule has 0 heterocycles. The van der Waals surface area contributed by atoms with E-state index in [1.54, 1.807) is 19.1 Å². The van der Waals surface area contributed by atoms with Gasteiger partial charge in [-0.3, -0.25) is 0 Å². The Balaban J connectivity index is 2.35. The average Bonchev–Trinajstić information content (AvgIpc) is 2.39. The molecule has 0 saturated heterocycles. The van der Waals surface area contributed by atoms with Gasteiger partial charge in [-0.15, -0.1) is 0 Å². The number of aromatic hydroxyl groups is 3. The number of rotatable bonds is 2. The first-order chi connectivity index (χ1) is 9.38. The molecule has 0 fully saturated rings. The molecule has 0 aliphatic heterocycles. The second kappa shape index (κ2) is 5.29. The van der Waals surface area contributed by atoms with Gasteiger partial charge in [0.15, 0.2) is 0 Å². The molecule has 0 amide bonds. The maximum atomic E-state index is 9.73. The van der Waals surface area contributed by atoms with Crippen LogP contribution in [0.3, 0.4) is 0 Å². The smallest absolute Gasteiger partial charge is 0.122 e. The zero-order valence-electron chi connectivity index (χ0n) is 11.8. The van der Waals surface area contributed by atoms with Crippen molar-refractivity contribution in [3.8, 4) is 17.2 Å². The fourth-order valence-corrected chi connectivity index (χ4v) is 2.08. The van der Waals surface area contributed by atoms with Gasteiger partial charge in [-0.25, -0.2) is 0 Å². The van der Waals surface area contributed by atoms with Crippen molar-refractivity contribution < 1.29 is 15.3 Å². The molecular weight excluding hydrogens is 252 g/mol. The van der Waals surface area contributed by atoms with Crippen molar-refractivity contribution in [3.63, 3.8) is 0 Å². The molecule has 0 aliphatic carbocycles. The molecule has 3 heteroatoms. The highest BCUT2D eigenvalue weighted by Gasteiger charge is 2.04. The Morgan fingerprint density at radius 2 is 1.10 bits per heavy atom. The number of benzene rings is 2. The van der Waals surface area contributed by atoms with E-state index in [-0.39, 0.29) is 11.5 Å². The molecule has 0 radical (unpaired) electrons. The fourth-order valence-electron chi connectivity index (χ4n) is 2.08. The lowest BCUT2D eigenvalue weighted by molar-refractivity contribution is 0.443. The third kappa shape index (κ3) is 2.77. The van der Waals surface area contributed by atoms with Crippen molar-refractivity contribution in [1.82, 2.24) is 0 Å². The van der Waals surface area contributed by atoms with Gasteiger partial charge in [-0.1, -0.05) is 12.2 Å². The lowest BCUT2D eigenvalue weighted by Crippen LogP contribution is -1.83. The Morgan fingerprint density at radius 3 is 1.55 bits per heavy atom. The average molecular weight is 270 g/mol. The summed E-state index contributed by atoms with van der Waals surface area (Å²) in [6.07, 6.45) is 3.69. The number of hydrogen-bond donors (Lipinski definition) is 3. The minimum atomic E-state index is 0.0720. The van der Waals surface area contributed by atoms with E-state index in [2.05, 4.69) is 0 Å². The van der Waals surface area contributed by atoms with Crippen LogP contribution in [0.1, 0.15) is 27.8 Å². The molecule has 2 aromatic rings. The first kappa shape index (κ1) is 14.0. The summed E-state index contributed by atoms with van der Waals surface area (Å²) in [6.45, 7) is 5.36. The Bertz CT molecular complexity index is 579. The van der Waals surface area contributed by atoms with Crippen LogP contribution in [-0.2, 0) is 0 Å². The van der Waals surface area contributed by atoms with E-state index < -0.39 is 0 Å². The van der Waals surface area contributed by atoms with Crippen LogP contribution < -0.4 is 0 Å². The summed E-state index contributed by atoms with van der Waals surface area (Å²) in [5.74, 6) is 0.457. The normalized spacial score (nSPS) is 11.2. The monoisotopic (exact) mass is 270 g/mol. The third-order valence-corrected chi connectivity index (χ3v) is 3.36. The van der Waals surface area contributed by atoms with Crippen LogP contribution in [0.25, 0.3) is 12.2 Å². The highest BCUT2D eigenvalue weighted by Crippen LogP contribution is 2.29. The first-order valence-electron chi connectivity index (χ1n) is 6.39. The van der Waals surface area contributed by atoms with E-state index in [1.165, 1.54) is 0 Å². The summed E-state index contributed by atoms with van der Waals surface area (Å²) in [5.41, 5.74) is 3.78. The van der Waals surface area contributed by atoms with Gasteiger partial charge >= 0.3 is 0 Å². The lowest BCUT2D eigenvalue weighted by Gasteiger charge is -2.06. The van der Waals surface area contributed by atoms with Gasteiger partial charge in [-0.05, 0) is 67.3 Å². The predicted octanol–water partition coefficient (Wildman–Crippen LogP) is 3.90. The van der Waals surface area contributed by atoms with Crippen LogP contribution in [-0.4, -0.2) is 15.3 Å². The van der Waals surface area contributed by atoms with Gasteiger partial charge in [-0.2, -0.15) is 0 Å². The summed E-state index contributed by atoms with van der Waals surface area (Å²) in [5, 5.41) is 29.1. The van der Waals surface area contributed by atoms with Gasteiger partial charge in [0.25, 0.3) is 0 Å². The van der Waals surface area contributed by atoms with Crippen molar-refractivity contribution in [2.75, 3.05) is 0 Å². The van der Waals surface area contributed by atoms with E-state index in [0.29, 0.717) is 16.9 Å². The molecule has 2 aromatic carbocycles. The van der Waals surface area contributed by atoms with Crippen molar-refractivity contribution in [2.45, 2.75) is 20.8 Å². The molecule has 20 heavy (non-hydrogen) atoms. The van der Waals surface area contributed by atoms with Gasteiger partial charge < -0.3 is 15.3 Å². The molecule has 104 valence electrons. The van der Waals surface area contributed by atoms with Crippen LogP contribution in [0, 0.1) is 20.8 Å². The molecule has 0 aliphatic rings. The molecule has 0 atom stereocenters. The molecule has 0 bridgehead atoms. The van der Waals surface area contributed by atoms with Crippen molar-refractivity contribution in [2.24, 2.45) is 0 Å². The van der Waals surface area contributed by atoms with E-state index in [4.69, 9.17) is 0 Å². The number of phenols is 3. The van der Waals surface area contributed by atoms with Gasteiger partial charge in [0, 0.05) is 5.56 Å². The highest BCUT2D eigenvalue weighted by atomic mass is 16.3. The summed E-state index contributed by atoms with van der Waals surface area (Å²) < 4.78 is 0. The Kier molecular flexibility index (Phi) is 3.70. The van der Waals surface area contributed by atoms with E-state index in [1.807, 2.05) is 38.1 Å². The van der Waals surface area contributed by atoms with Crippen LogP contribution >= 0.6 is 0 Å². The maximum Gasteiger partial charge on any atom is 0.122 e. The van der Waals surface area contributed by atoms with E-state index >= 15 is 0 Å². The van der Waals surface area contributed by atoms with Crippen LogP contribution in [0.15, 0.2) is 24.3 Å². The topological polar surface area (TPSA) is 60.7 Å². The van der Waals surface area contributed by atoms with Gasteiger partial charge in [0.2, 0.25) is 0 Å². The second-order valence-electron chi connectivity index (χ2n) is 5.02. The Labute approximate surface area is 118 Å². The van der Waals surface area contributed by atoms with Gasteiger partial charge in [0.1, 0.15) is 17.2 Å². The largest absolute Gasteiger partial charge is 0.508 e. The molecular formula is C17H18O3. The van der Waals surface area contributed by atoms with Gasteiger partial charge in [0.05, 0.1) is 0 Å². The summed E-state index contributed by atoms with van der Waals surface area (Å²) in [6, 6.07) is 6.97. The number of phenolic OH excluding ortho intramolecular Hbond substituents is 3. The fraction of sp³-hybridized carbons (Fsp3) is 0.176. The highest BCUT2D eigenvalue weighted by molar-refractivity contribution is 5.72. The first-order valence-corrected chi connectivity index (χ1v) is 6.39. The van der Waals surface area contributed by atoms with Crippen LogP contribution in [0.4, 0.5) is 0 Å². The minimum Gasteiger partial charge on any atom is -0.508 e. The third-order valence-electron chi connectivity index (χ3n) is 3.36. The molecule has 0 unspecified atom stereocenters. The quantitative estimate of drug-likeness (QED) is 0.725. The second-order valence-corrected chi connectivity index (χ2v) is 5.02. The summed E-state index contributed by atoms with van der Waals surface area (Å²) >= 11 is 0. The Morgan fingerprint density at radius 1 is 0.700 bits per heavy atom. The number of hydrogen-bond acceptors (Lipinski definition) is 3. The molecule has 0 spiro atoms. The molecule has 0 saturated carbocycles. The van der Waals surface area contributed by atoms with Crippen molar-refractivity contribution in [3.05, 3.63) is 52.1 Å².